The van der Waals surface area contributed by atoms with Crippen LogP contribution in [0.4, 0.5) is 0 Å². The summed E-state index contributed by atoms with van der Waals surface area (Å²) in [5.74, 6) is -0.755. The van der Waals surface area contributed by atoms with Crippen molar-refractivity contribution in [2.45, 2.75) is 37.0 Å². The molecule has 2 heterocycles. The zero-order valence-corrected chi connectivity index (χ0v) is 13.6. The predicted molar refractivity (Wildman–Crippen MR) is 79.0 cm³/mol. The fourth-order valence-corrected chi connectivity index (χ4v) is 2.98. The Balaban J connectivity index is 1.90. The number of amides is 1. The zero-order chi connectivity index (χ0) is 16.2. The van der Waals surface area contributed by atoms with Crippen molar-refractivity contribution in [3.63, 3.8) is 0 Å². The number of nitrogens with zero attached hydrogens (tertiary/aromatic N) is 1. The van der Waals surface area contributed by atoms with Gasteiger partial charge in [0, 0.05) is 12.8 Å². The molecule has 1 fully saturated rings. The first-order valence-electron chi connectivity index (χ1n) is 6.80. The van der Waals surface area contributed by atoms with Crippen LogP contribution in [0.5, 0.6) is 0 Å². The maximum Gasteiger partial charge on any atom is 0.281 e. The maximum absolute atomic E-state index is 12.0. The molecule has 0 radical (unpaired) electrons. The van der Waals surface area contributed by atoms with Crippen LogP contribution in [0.25, 0.3) is 0 Å². The monoisotopic (exact) mass is 348 g/mol. The van der Waals surface area contributed by atoms with Gasteiger partial charge in [-0.25, -0.2) is 9.71 Å². The minimum Gasteiger partial charge on any atom is -0.376 e. The molecule has 22 heavy (non-hydrogen) atoms. The van der Waals surface area contributed by atoms with E-state index >= 15 is 0 Å². The third kappa shape index (κ3) is 4.64. The lowest BCUT2D eigenvalue weighted by molar-refractivity contribution is -0.131. The van der Waals surface area contributed by atoms with Gasteiger partial charge in [-0.15, -0.1) is 0 Å². The Morgan fingerprint density at radius 3 is 2.95 bits per heavy atom. The number of aromatic nitrogens is 1. The number of hydrogen-bond donors (Lipinski definition) is 1. The second-order valence-electron chi connectivity index (χ2n) is 4.89. The lowest BCUT2D eigenvalue weighted by Gasteiger charge is -2.16. The minimum absolute atomic E-state index is 0.0372. The van der Waals surface area contributed by atoms with Gasteiger partial charge >= 0.3 is 0 Å². The molecule has 0 unspecified atom stereocenters. The fourth-order valence-electron chi connectivity index (χ4n) is 1.89. The Bertz CT molecular complexity index is 614. The average Bonchev–Trinajstić information content (AvgIpc) is 2.98. The van der Waals surface area contributed by atoms with Crippen LogP contribution in [0.15, 0.2) is 23.4 Å². The van der Waals surface area contributed by atoms with Gasteiger partial charge in [-0.05, 0) is 31.9 Å². The quantitative estimate of drug-likeness (QED) is 0.828. The fraction of sp³-hybridized carbons (Fsp3) is 0.538. The molecule has 7 nitrogen and oxygen atoms in total. The van der Waals surface area contributed by atoms with E-state index in [1.54, 1.807) is 0 Å². The Morgan fingerprint density at radius 1 is 1.59 bits per heavy atom. The number of ether oxygens (including phenoxy) is 2. The smallest absolute Gasteiger partial charge is 0.281 e. The van der Waals surface area contributed by atoms with Gasteiger partial charge in [-0.1, -0.05) is 11.6 Å². The highest BCUT2D eigenvalue weighted by Gasteiger charge is 2.24. The molecule has 1 aromatic heterocycles. The Labute approximate surface area is 134 Å². The summed E-state index contributed by atoms with van der Waals surface area (Å²) in [4.78, 5) is 15.6. The van der Waals surface area contributed by atoms with Crippen molar-refractivity contribution in [2.24, 2.45) is 0 Å². The van der Waals surface area contributed by atoms with Gasteiger partial charge < -0.3 is 9.47 Å². The molecule has 0 aromatic carbocycles. The molecule has 1 aromatic rings. The highest BCUT2D eigenvalue weighted by atomic mass is 35.5. The van der Waals surface area contributed by atoms with E-state index in [0.717, 1.165) is 12.8 Å². The van der Waals surface area contributed by atoms with Gasteiger partial charge in [0.05, 0.1) is 17.7 Å². The highest BCUT2D eigenvalue weighted by molar-refractivity contribution is 7.90. The second kappa shape index (κ2) is 7.36. The van der Waals surface area contributed by atoms with Crippen molar-refractivity contribution in [3.8, 4) is 0 Å². The molecular weight excluding hydrogens is 332 g/mol. The number of rotatable bonds is 6. The third-order valence-corrected chi connectivity index (χ3v) is 4.62. The molecule has 1 saturated heterocycles. The molecule has 0 saturated carbocycles. The van der Waals surface area contributed by atoms with E-state index in [1.807, 2.05) is 4.72 Å². The standard InChI is InChI=1S/C13H17ClN2O5S/c1-9(21-8-11-3-2-6-20-11)13(17)16-22(18,19)12-5-4-10(14)7-15-12/h4-5,7,9,11H,2-3,6,8H2,1H3,(H,16,17)/t9-,11+/m1/s1. The predicted octanol–water partition coefficient (Wildman–Crippen LogP) is 1.12. The third-order valence-electron chi connectivity index (χ3n) is 3.14. The van der Waals surface area contributed by atoms with E-state index in [1.165, 1.54) is 25.3 Å². The molecule has 2 atom stereocenters. The first kappa shape index (κ1) is 17.1. The molecule has 122 valence electrons. The van der Waals surface area contributed by atoms with Crippen LogP contribution < -0.4 is 4.72 Å². The molecule has 1 N–H and O–H groups in total. The van der Waals surface area contributed by atoms with E-state index in [-0.39, 0.29) is 17.7 Å². The van der Waals surface area contributed by atoms with E-state index in [0.29, 0.717) is 11.6 Å². The van der Waals surface area contributed by atoms with E-state index in [2.05, 4.69) is 4.98 Å². The number of carbonyl (C=O) groups is 1. The van der Waals surface area contributed by atoms with Crippen LogP contribution in [-0.2, 0) is 24.3 Å². The van der Waals surface area contributed by atoms with E-state index < -0.39 is 22.0 Å². The number of pyridine rings is 1. The van der Waals surface area contributed by atoms with Crippen LogP contribution in [0.2, 0.25) is 5.02 Å². The molecule has 1 aliphatic rings. The van der Waals surface area contributed by atoms with Crippen molar-refractivity contribution in [2.75, 3.05) is 13.2 Å². The van der Waals surface area contributed by atoms with Crippen LogP contribution >= 0.6 is 11.6 Å². The van der Waals surface area contributed by atoms with Crippen LogP contribution in [-0.4, -0.2) is 44.7 Å². The highest BCUT2D eigenvalue weighted by Crippen LogP contribution is 2.13. The molecule has 0 spiro atoms. The van der Waals surface area contributed by atoms with Crippen molar-refractivity contribution in [3.05, 3.63) is 23.4 Å². The molecular formula is C13H17ClN2O5S. The van der Waals surface area contributed by atoms with Crippen molar-refractivity contribution >= 4 is 27.5 Å². The summed E-state index contributed by atoms with van der Waals surface area (Å²) in [6, 6.07) is 2.60. The number of halogens is 1. The average molecular weight is 349 g/mol. The van der Waals surface area contributed by atoms with Crippen LogP contribution in [0.1, 0.15) is 19.8 Å². The van der Waals surface area contributed by atoms with Crippen LogP contribution in [0.3, 0.4) is 0 Å². The topological polar surface area (TPSA) is 94.6 Å². The first-order valence-corrected chi connectivity index (χ1v) is 8.66. The summed E-state index contributed by atoms with van der Waals surface area (Å²) in [6.07, 6.45) is 2.08. The Hall–Kier alpha value is -1.22. The normalized spacial score (nSPS) is 19.8. The van der Waals surface area contributed by atoms with Gasteiger partial charge in [0.2, 0.25) is 0 Å². The minimum atomic E-state index is -4.04. The summed E-state index contributed by atoms with van der Waals surface area (Å²) in [6.45, 7) is 2.42. The molecule has 1 amide bonds. The summed E-state index contributed by atoms with van der Waals surface area (Å²) in [5, 5.41) is 0.0233. The second-order valence-corrected chi connectivity index (χ2v) is 6.96. The summed E-state index contributed by atoms with van der Waals surface area (Å²) >= 11 is 5.64. The van der Waals surface area contributed by atoms with Gasteiger partial charge in [0.15, 0.2) is 5.03 Å². The molecule has 1 aliphatic heterocycles. The van der Waals surface area contributed by atoms with Gasteiger partial charge in [-0.3, -0.25) is 4.79 Å². The van der Waals surface area contributed by atoms with Crippen molar-refractivity contribution < 1.29 is 22.7 Å². The molecule has 2 rings (SSSR count). The SMILES string of the molecule is C[C@@H](OC[C@@H]1CCCO1)C(=O)NS(=O)(=O)c1ccc(Cl)cn1. The maximum atomic E-state index is 12.0. The number of hydrogen-bond acceptors (Lipinski definition) is 6. The lowest BCUT2D eigenvalue weighted by atomic mass is 10.2. The van der Waals surface area contributed by atoms with Gasteiger partial charge in [0.25, 0.3) is 15.9 Å². The summed E-state index contributed by atoms with van der Waals surface area (Å²) in [5.41, 5.74) is 0. The number of sulfonamides is 1. The van der Waals surface area contributed by atoms with Gasteiger partial charge in [0.1, 0.15) is 6.10 Å². The number of nitrogens with one attached hydrogen (secondary N) is 1. The molecule has 0 bridgehead atoms. The summed E-state index contributed by atoms with van der Waals surface area (Å²) in [7, 11) is -4.04. The van der Waals surface area contributed by atoms with E-state index in [9.17, 15) is 13.2 Å². The van der Waals surface area contributed by atoms with Gasteiger partial charge in [-0.2, -0.15) is 8.42 Å². The first-order chi connectivity index (χ1) is 10.4. The Kier molecular flexibility index (Phi) is 5.74. The largest absolute Gasteiger partial charge is 0.376 e. The zero-order valence-electron chi connectivity index (χ0n) is 12.0. The van der Waals surface area contributed by atoms with Crippen LogP contribution in [0, 0.1) is 0 Å². The van der Waals surface area contributed by atoms with E-state index in [4.69, 9.17) is 21.1 Å². The van der Waals surface area contributed by atoms with Crippen molar-refractivity contribution in [1.29, 1.82) is 0 Å². The number of carbonyl (C=O) groups excluding carboxylic acids is 1. The molecule has 9 heteroatoms. The Morgan fingerprint density at radius 2 is 2.36 bits per heavy atom. The summed E-state index contributed by atoms with van der Waals surface area (Å²) < 4.78 is 36.6. The molecule has 0 aliphatic carbocycles. The van der Waals surface area contributed by atoms with Crippen molar-refractivity contribution in [1.82, 2.24) is 9.71 Å². The lowest BCUT2D eigenvalue weighted by Crippen LogP contribution is -2.39.